The topological polar surface area (TPSA) is 101 Å². The van der Waals surface area contributed by atoms with E-state index in [2.05, 4.69) is 10.3 Å². The van der Waals surface area contributed by atoms with Crippen molar-refractivity contribution in [3.05, 3.63) is 0 Å². The molecule has 1 aliphatic rings. The third kappa shape index (κ3) is 5.46. The second-order valence-electron chi connectivity index (χ2n) is 4.92. The molecule has 1 heterocycles. The molecular weight excluding hydrogens is 232 g/mol. The first kappa shape index (κ1) is 14.9. The number of hydrogen-bond acceptors (Lipinski definition) is 4. The SMILES string of the molecule is NNC(=O)CCCCCN1CCCC(C(N)=O)C1. The van der Waals surface area contributed by atoms with Crippen LogP contribution in [0.1, 0.15) is 38.5 Å². The van der Waals surface area contributed by atoms with Gasteiger partial charge < -0.3 is 10.6 Å². The Balaban J connectivity index is 2.08. The van der Waals surface area contributed by atoms with Crippen molar-refractivity contribution in [3.63, 3.8) is 0 Å². The molecule has 0 aromatic heterocycles. The van der Waals surface area contributed by atoms with Crippen LogP contribution in [0.15, 0.2) is 0 Å². The number of nitrogens with zero attached hydrogens (tertiary/aromatic N) is 1. The summed E-state index contributed by atoms with van der Waals surface area (Å²) in [5, 5.41) is 0. The Morgan fingerprint density at radius 2 is 2.06 bits per heavy atom. The number of amides is 2. The van der Waals surface area contributed by atoms with Gasteiger partial charge in [0.1, 0.15) is 0 Å². The van der Waals surface area contributed by atoms with Crippen molar-refractivity contribution in [2.75, 3.05) is 19.6 Å². The summed E-state index contributed by atoms with van der Waals surface area (Å²) in [7, 11) is 0. The molecule has 1 unspecified atom stereocenters. The van der Waals surface area contributed by atoms with E-state index in [0.29, 0.717) is 6.42 Å². The van der Waals surface area contributed by atoms with Crippen LogP contribution >= 0.6 is 0 Å². The minimum absolute atomic E-state index is 0.0155. The minimum atomic E-state index is -0.181. The van der Waals surface area contributed by atoms with Gasteiger partial charge in [0.05, 0.1) is 5.92 Å². The van der Waals surface area contributed by atoms with Crippen LogP contribution in [0.5, 0.6) is 0 Å². The number of unbranched alkanes of at least 4 members (excludes halogenated alkanes) is 2. The van der Waals surface area contributed by atoms with Crippen LogP contribution in [-0.4, -0.2) is 36.3 Å². The highest BCUT2D eigenvalue weighted by atomic mass is 16.2. The molecule has 0 bridgehead atoms. The van der Waals surface area contributed by atoms with E-state index in [-0.39, 0.29) is 17.7 Å². The highest BCUT2D eigenvalue weighted by Gasteiger charge is 2.23. The van der Waals surface area contributed by atoms with Gasteiger partial charge in [-0.15, -0.1) is 0 Å². The zero-order valence-corrected chi connectivity index (χ0v) is 10.9. The van der Waals surface area contributed by atoms with Crippen molar-refractivity contribution in [2.24, 2.45) is 17.5 Å². The maximum Gasteiger partial charge on any atom is 0.233 e. The van der Waals surface area contributed by atoms with Gasteiger partial charge in [0.15, 0.2) is 0 Å². The highest BCUT2D eigenvalue weighted by molar-refractivity contribution is 5.77. The molecule has 1 aliphatic heterocycles. The minimum Gasteiger partial charge on any atom is -0.369 e. The van der Waals surface area contributed by atoms with Crippen molar-refractivity contribution in [1.82, 2.24) is 10.3 Å². The molecule has 0 radical (unpaired) electrons. The van der Waals surface area contributed by atoms with Crippen molar-refractivity contribution in [2.45, 2.75) is 38.5 Å². The fraction of sp³-hybridized carbons (Fsp3) is 0.833. The molecule has 1 atom stereocenters. The van der Waals surface area contributed by atoms with Crippen molar-refractivity contribution >= 4 is 11.8 Å². The molecule has 6 nitrogen and oxygen atoms in total. The first-order valence-electron chi connectivity index (χ1n) is 6.64. The smallest absolute Gasteiger partial charge is 0.233 e. The Morgan fingerprint density at radius 1 is 1.28 bits per heavy atom. The van der Waals surface area contributed by atoms with Crippen LogP contribution in [0.3, 0.4) is 0 Å². The molecule has 104 valence electrons. The summed E-state index contributed by atoms with van der Waals surface area (Å²) < 4.78 is 0. The Bertz CT molecular complexity index is 283. The largest absolute Gasteiger partial charge is 0.369 e. The van der Waals surface area contributed by atoms with E-state index < -0.39 is 0 Å². The summed E-state index contributed by atoms with van der Waals surface area (Å²) in [6, 6.07) is 0. The molecule has 1 saturated heterocycles. The quantitative estimate of drug-likeness (QED) is 0.253. The van der Waals surface area contributed by atoms with E-state index in [0.717, 1.165) is 51.7 Å². The monoisotopic (exact) mass is 256 g/mol. The molecule has 6 heteroatoms. The van der Waals surface area contributed by atoms with Crippen LogP contribution in [0.4, 0.5) is 0 Å². The van der Waals surface area contributed by atoms with Crippen molar-refractivity contribution in [1.29, 1.82) is 0 Å². The number of carbonyl (C=O) groups excluding carboxylic acids is 2. The van der Waals surface area contributed by atoms with Crippen LogP contribution in [0.2, 0.25) is 0 Å². The molecule has 0 aromatic carbocycles. The van der Waals surface area contributed by atoms with Gasteiger partial charge in [0.2, 0.25) is 11.8 Å². The van der Waals surface area contributed by atoms with E-state index >= 15 is 0 Å². The number of nitrogens with two attached hydrogens (primary N) is 2. The number of carbonyl (C=O) groups is 2. The summed E-state index contributed by atoms with van der Waals surface area (Å²) in [5.41, 5.74) is 7.46. The zero-order chi connectivity index (χ0) is 13.4. The van der Waals surface area contributed by atoms with Gasteiger partial charge in [-0.2, -0.15) is 0 Å². The first-order valence-corrected chi connectivity index (χ1v) is 6.64. The number of hydrazine groups is 1. The molecule has 0 saturated carbocycles. The molecular formula is C12H24N4O2. The average Bonchev–Trinajstić information content (AvgIpc) is 2.38. The normalized spacial score (nSPS) is 20.6. The van der Waals surface area contributed by atoms with Gasteiger partial charge in [-0.25, -0.2) is 5.84 Å². The number of hydrogen-bond donors (Lipinski definition) is 3. The van der Waals surface area contributed by atoms with Gasteiger partial charge in [-0.1, -0.05) is 6.42 Å². The van der Waals surface area contributed by atoms with Crippen molar-refractivity contribution < 1.29 is 9.59 Å². The number of piperidine rings is 1. The first-order chi connectivity index (χ1) is 8.63. The van der Waals surface area contributed by atoms with Gasteiger partial charge in [-0.05, 0) is 38.8 Å². The standard InChI is InChI=1S/C12H24N4O2/c13-12(18)10-5-4-8-16(9-10)7-3-1-2-6-11(17)15-14/h10H,1-9,14H2,(H2,13,18)(H,15,17). The lowest BCUT2D eigenvalue weighted by Crippen LogP contribution is -2.41. The zero-order valence-electron chi connectivity index (χ0n) is 10.9. The summed E-state index contributed by atoms with van der Waals surface area (Å²) in [6.07, 6.45) is 5.36. The summed E-state index contributed by atoms with van der Waals surface area (Å²) >= 11 is 0. The Kier molecular flexibility index (Phi) is 6.67. The fourth-order valence-electron chi connectivity index (χ4n) is 2.36. The Morgan fingerprint density at radius 3 is 2.72 bits per heavy atom. The fourth-order valence-corrected chi connectivity index (χ4v) is 2.36. The average molecular weight is 256 g/mol. The summed E-state index contributed by atoms with van der Waals surface area (Å²) in [6.45, 7) is 2.82. The van der Waals surface area contributed by atoms with Gasteiger partial charge >= 0.3 is 0 Å². The van der Waals surface area contributed by atoms with E-state index in [1.54, 1.807) is 0 Å². The predicted octanol–water partition coefficient (Wildman–Crippen LogP) is -0.266. The lowest BCUT2D eigenvalue weighted by atomic mass is 9.97. The Hall–Kier alpha value is -1.14. The van der Waals surface area contributed by atoms with Crippen LogP contribution in [-0.2, 0) is 9.59 Å². The van der Waals surface area contributed by atoms with Crippen LogP contribution < -0.4 is 17.0 Å². The van der Waals surface area contributed by atoms with E-state index in [1.807, 2.05) is 0 Å². The van der Waals surface area contributed by atoms with E-state index in [9.17, 15) is 9.59 Å². The molecule has 2 amide bonds. The lowest BCUT2D eigenvalue weighted by Gasteiger charge is -2.31. The second kappa shape index (κ2) is 8.05. The number of likely N-dealkylation sites (tertiary alicyclic amines) is 1. The van der Waals surface area contributed by atoms with Gasteiger partial charge in [0, 0.05) is 13.0 Å². The van der Waals surface area contributed by atoms with Gasteiger partial charge in [0.25, 0.3) is 0 Å². The molecule has 1 rings (SSSR count). The predicted molar refractivity (Wildman–Crippen MR) is 69.2 cm³/mol. The molecule has 1 fully saturated rings. The van der Waals surface area contributed by atoms with Crippen LogP contribution in [0, 0.1) is 5.92 Å². The molecule has 0 aliphatic carbocycles. The molecule has 5 N–H and O–H groups in total. The van der Waals surface area contributed by atoms with E-state index in [1.165, 1.54) is 0 Å². The van der Waals surface area contributed by atoms with Crippen LogP contribution in [0.25, 0.3) is 0 Å². The maximum atomic E-state index is 11.1. The number of rotatable bonds is 7. The Labute approximate surface area is 108 Å². The molecule has 0 aromatic rings. The third-order valence-electron chi connectivity index (χ3n) is 3.45. The number of primary amides is 1. The molecule has 0 spiro atoms. The summed E-state index contributed by atoms with van der Waals surface area (Å²) in [4.78, 5) is 24.3. The highest BCUT2D eigenvalue weighted by Crippen LogP contribution is 2.16. The molecule has 18 heavy (non-hydrogen) atoms. The summed E-state index contributed by atoms with van der Waals surface area (Å²) in [5.74, 6) is 4.72. The lowest BCUT2D eigenvalue weighted by molar-refractivity contribution is -0.123. The maximum absolute atomic E-state index is 11.1. The van der Waals surface area contributed by atoms with Gasteiger partial charge in [-0.3, -0.25) is 15.0 Å². The van der Waals surface area contributed by atoms with Crippen molar-refractivity contribution in [3.8, 4) is 0 Å². The van der Waals surface area contributed by atoms with E-state index in [4.69, 9.17) is 11.6 Å². The second-order valence-corrected chi connectivity index (χ2v) is 4.92. The number of nitrogens with one attached hydrogen (secondary N) is 1. The third-order valence-corrected chi connectivity index (χ3v) is 3.45.